The van der Waals surface area contributed by atoms with E-state index >= 15 is 0 Å². The molecule has 0 radical (unpaired) electrons. The third-order valence-corrected chi connectivity index (χ3v) is 4.93. The van der Waals surface area contributed by atoms with Crippen LogP contribution < -0.4 is 5.32 Å². The second-order valence-electron chi connectivity index (χ2n) is 6.78. The van der Waals surface area contributed by atoms with Crippen molar-refractivity contribution in [3.05, 3.63) is 89.2 Å². The molecule has 0 aliphatic heterocycles. The number of benzene rings is 3. The standard InChI is InChI=1S/C23H15ClFN5O/c24-16-8-5-7-14(12-16)22-29-30-23(31-22)21-27-19-11-4-2-9-17(19)20(28-21)26-13-15-6-1-3-10-18(15)25/h1-12H,13H2,(H,26,27,28). The van der Waals surface area contributed by atoms with Gasteiger partial charge in [-0.25, -0.2) is 14.4 Å². The van der Waals surface area contributed by atoms with Crippen LogP contribution >= 0.6 is 11.6 Å². The van der Waals surface area contributed by atoms with Crippen LogP contribution in [0.4, 0.5) is 10.2 Å². The van der Waals surface area contributed by atoms with Crippen molar-refractivity contribution in [2.24, 2.45) is 0 Å². The number of rotatable bonds is 5. The monoisotopic (exact) mass is 431 g/mol. The smallest absolute Gasteiger partial charge is 0.286 e. The van der Waals surface area contributed by atoms with E-state index in [1.807, 2.05) is 30.3 Å². The number of nitrogens with zero attached hydrogens (tertiary/aromatic N) is 4. The average Bonchev–Trinajstić information content (AvgIpc) is 3.29. The van der Waals surface area contributed by atoms with Gasteiger partial charge in [0.1, 0.15) is 11.6 Å². The van der Waals surface area contributed by atoms with Gasteiger partial charge in [0.2, 0.25) is 11.7 Å². The van der Waals surface area contributed by atoms with Crippen LogP contribution in [0.25, 0.3) is 34.1 Å². The summed E-state index contributed by atoms with van der Waals surface area (Å²) >= 11 is 6.05. The van der Waals surface area contributed by atoms with Gasteiger partial charge in [0.15, 0.2) is 0 Å². The van der Waals surface area contributed by atoms with Gasteiger partial charge in [0.25, 0.3) is 5.89 Å². The van der Waals surface area contributed by atoms with Gasteiger partial charge in [-0.2, -0.15) is 0 Å². The van der Waals surface area contributed by atoms with Crippen LogP contribution in [0.2, 0.25) is 5.02 Å². The fraction of sp³-hybridized carbons (Fsp3) is 0.0435. The van der Waals surface area contributed by atoms with Crippen molar-refractivity contribution < 1.29 is 8.81 Å². The molecule has 1 N–H and O–H groups in total. The Balaban J connectivity index is 1.52. The van der Waals surface area contributed by atoms with Gasteiger partial charge in [0, 0.05) is 28.1 Å². The van der Waals surface area contributed by atoms with Gasteiger partial charge < -0.3 is 9.73 Å². The average molecular weight is 432 g/mol. The highest BCUT2D eigenvalue weighted by atomic mass is 35.5. The van der Waals surface area contributed by atoms with E-state index in [0.29, 0.717) is 33.4 Å². The first-order valence-electron chi connectivity index (χ1n) is 9.51. The molecule has 0 amide bonds. The molecule has 8 heteroatoms. The van der Waals surface area contributed by atoms with Crippen LogP contribution in [-0.4, -0.2) is 20.2 Å². The minimum atomic E-state index is -0.281. The summed E-state index contributed by atoms with van der Waals surface area (Å²) in [5.41, 5.74) is 1.93. The summed E-state index contributed by atoms with van der Waals surface area (Å²) in [6.45, 7) is 0.269. The molecule has 152 valence electrons. The first kappa shape index (κ1) is 19.1. The van der Waals surface area contributed by atoms with Gasteiger partial charge in [0.05, 0.1) is 5.52 Å². The summed E-state index contributed by atoms with van der Waals surface area (Å²) in [7, 11) is 0. The molecule has 3 aromatic carbocycles. The van der Waals surface area contributed by atoms with E-state index in [1.54, 1.807) is 36.4 Å². The van der Waals surface area contributed by atoms with Crippen molar-refractivity contribution >= 4 is 28.3 Å². The van der Waals surface area contributed by atoms with Crippen molar-refractivity contribution in [2.75, 3.05) is 5.32 Å². The summed E-state index contributed by atoms with van der Waals surface area (Å²) in [6.07, 6.45) is 0. The van der Waals surface area contributed by atoms with E-state index in [2.05, 4.69) is 25.5 Å². The quantitative estimate of drug-likeness (QED) is 0.381. The van der Waals surface area contributed by atoms with Crippen LogP contribution in [0.5, 0.6) is 0 Å². The number of anilines is 1. The third kappa shape index (κ3) is 3.95. The predicted octanol–water partition coefficient (Wildman–Crippen LogP) is 5.75. The van der Waals surface area contributed by atoms with Crippen molar-refractivity contribution in [2.45, 2.75) is 6.54 Å². The summed E-state index contributed by atoms with van der Waals surface area (Å²) in [5, 5.41) is 12.8. The zero-order valence-corrected chi connectivity index (χ0v) is 16.8. The Morgan fingerprint density at radius 1 is 0.871 bits per heavy atom. The van der Waals surface area contributed by atoms with Crippen molar-refractivity contribution in [1.82, 2.24) is 20.2 Å². The highest BCUT2D eigenvalue weighted by Gasteiger charge is 2.16. The van der Waals surface area contributed by atoms with E-state index in [1.165, 1.54) is 6.07 Å². The summed E-state index contributed by atoms with van der Waals surface area (Å²) in [6, 6.07) is 21.3. The van der Waals surface area contributed by atoms with Crippen molar-refractivity contribution in [3.63, 3.8) is 0 Å². The molecule has 2 aromatic heterocycles. The molecule has 5 rings (SSSR count). The van der Waals surface area contributed by atoms with Gasteiger partial charge in [-0.15, -0.1) is 10.2 Å². The zero-order chi connectivity index (χ0) is 21.2. The maximum Gasteiger partial charge on any atom is 0.286 e. The molecule has 0 aliphatic carbocycles. The predicted molar refractivity (Wildman–Crippen MR) is 117 cm³/mol. The lowest BCUT2D eigenvalue weighted by Crippen LogP contribution is -2.05. The molecule has 0 spiro atoms. The Kier molecular flexibility index (Phi) is 5.01. The second kappa shape index (κ2) is 8.12. The van der Waals surface area contributed by atoms with Crippen LogP contribution in [-0.2, 0) is 6.54 Å². The number of para-hydroxylation sites is 1. The molecule has 5 aromatic rings. The topological polar surface area (TPSA) is 76.7 Å². The lowest BCUT2D eigenvalue weighted by molar-refractivity contribution is 0.579. The van der Waals surface area contributed by atoms with E-state index in [4.69, 9.17) is 16.0 Å². The number of hydrogen-bond acceptors (Lipinski definition) is 6. The lowest BCUT2D eigenvalue weighted by Gasteiger charge is -2.10. The first-order valence-corrected chi connectivity index (χ1v) is 9.89. The molecule has 0 fully saturated rings. The van der Waals surface area contributed by atoms with Gasteiger partial charge in [-0.05, 0) is 36.4 Å². The Morgan fingerprint density at radius 3 is 2.55 bits per heavy atom. The zero-order valence-electron chi connectivity index (χ0n) is 16.1. The third-order valence-electron chi connectivity index (χ3n) is 4.70. The summed E-state index contributed by atoms with van der Waals surface area (Å²) in [5.74, 6) is 1.03. The minimum Gasteiger partial charge on any atom is -0.413 e. The van der Waals surface area contributed by atoms with Crippen LogP contribution in [0, 0.1) is 5.82 Å². The molecule has 0 bridgehead atoms. The van der Waals surface area contributed by atoms with Crippen LogP contribution in [0.15, 0.2) is 77.2 Å². The maximum absolute atomic E-state index is 14.0. The fourth-order valence-corrected chi connectivity index (χ4v) is 3.37. The Labute approximate surface area is 181 Å². The molecular formula is C23H15ClFN5O. The van der Waals surface area contributed by atoms with E-state index in [0.717, 1.165) is 5.39 Å². The first-order chi connectivity index (χ1) is 15.2. The lowest BCUT2D eigenvalue weighted by atomic mass is 10.2. The van der Waals surface area contributed by atoms with Crippen LogP contribution in [0.1, 0.15) is 5.56 Å². The van der Waals surface area contributed by atoms with Gasteiger partial charge in [-0.3, -0.25) is 0 Å². The minimum absolute atomic E-state index is 0.176. The van der Waals surface area contributed by atoms with Gasteiger partial charge >= 0.3 is 0 Å². The highest BCUT2D eigenvalue weighted by molar-refractivity contribution is 6.30. The second-order valence-corrected chi connectivity index (χ2v) is 7.22. The number of halogens is 2. The van der Waals surface area contributed by atoms with E-state index < -0.39 is 0 Å². The molecule has 31 heavy (non-hydrogen) atoms. The van der Waals surface area contributed by atoms with Crippen molar-refractivity contribution in [1.29, 1.82) is 0 Å². The molecule has 0 saturated carbocycles. The molecule has 0 aliphatic rings. The fourth-order valence-electron chi connectivity index (χ4n) is 3.18. The largest absolute Gasteiger partial charge is 0.413 e. The molecule has 0 unspecified atom stereocenters. The summed E-state index contributed by atoms with van der Waals surface area (Å²) in [4.78, 5) is 9.13. The number of fused-ring (bicyclic) bond motifs is 1. The highest BCUT2D eigenvalue weighted by Crippen LogP contribution is 2.28. The molecule has 0 saturated heterocycles. The number of nitrogens with one attached hydrogen (secondary N) is 1. The molecular weight excluding hydrogens is 417 g/mol. The van der Waals surface area contributed by atoms with Crippen LogP contribution in [0.3, 0.4) is 0 Å². The Bertz CT molecular complexity index is 1390. The van der Waals surface area contributed by atoms with E-state index in [-0.39, 0.29) is 24.1 Å². The van der Waals surface area contributed by atoms with Gasteiger partial charge in [-0.1, -0.05) is 48.0 Å². The molecule has 6 nitrogen and oxygen atoms in total. The molecule has 2 heterocycles. The van der Waals surface area contributed by atoms with E-state index in [9.17, 15) is 4.39 Å². The normalized spacial score (nSPS) is 11.0. The molecule has 0 atom stereocenters. The Morgan fingerprint density at radius 2 is 1.68 bits per heavy atom. The SMILES string of the molecule is Fc1ccccc1CNc1nc(-c2nnc(-c3cccc(Cl)c3)o2)nc2ccccc12. The number of aromatic nitrogens is 4. The maximum atomic E-state index is 14.0. The Hall–Kier alpha value is -3.84. The number of hydrogen-bond donors (Lipinski definition) is 1. The summed E-state index contributed by atoms with van der Waals surface area (Å²) < 4.78 is 19.8. The van der Waals surface area contributed by atoms with Crippen molar-refractivity contribution in [3.8, 4) is 23.2 Å².